The zero-order valence-electron chi connectivity index (χ0n) is 6.28. The first kappa shape index (κ1) is 8.22. The highest BCUT2D eigenvalue weighted by Gasteiger charge is 1.92. The Kier molecular flexibility index (Phi) is 3.06. The third-order valence-corrected chi connectivity index (χ3v) is 1.76. The Balaban J connectivity index is 2.74. The van der Waals surface area contributed by atoms with E-state index < -0.39 is 0 Å². The fourth-order valence-corrected chi connectivity index (χ4v) is 1.04. The maximum Gasteiger partial charge on any atom is 0.192 e. The first-order chi connectivity index (χ1) is 5.36. The molecule has 0 atom stereocenters. The van der Waals surface area contributed by atoms with Gasteiger partial charge in [-0.2, -0.15) is 0 Å². The van der Waals surface area contributed by atoms with Crippen molar-refractivity contribution < 1.29 is 9.30 Å². The molecule has 3 heteroatoms. The predicted molar refractivity (Wildman–Crippen MR) is 44.9 cm³/mol. The van der Waals surface area contributed by atoms with Crippen LogP contribution in [0.25, 0.3) is 0 Å². The number of benzene rings is 1. The summed E-state index contributed by atoms with van der Waals surface area (Å²) >= 11 is 0. The standard InChI is InChI=1S/C8H9O2P/c1-2-10-7-3-5-8(11-9)6-4-7/h3-6H,2H2,1H3. The maximum absolute atomic E-state index is 10.3. The molecule has 2 nitrogen and oxygen atoms in total. The summed E-state index contributed by atoms with van der Waals surface area (Å²) < 4.78 is 15.5. The molecule has 0 amide bonds. The van der Waals surface area contributed by atoms with Crippen LogP contribution in [0.1, 0.15) is 6.92 Å². The maximum atomic E-state index is 10.3. The van der Waals surface area contributed by atoms with Crippen molar-refractivity contribution in [1.82, 2.24) is 0 Å². The Morgan fingerprint density at radius 2 is 2.00 bits per heavy atom. The van der Waals surface area contributed by atoms with Crippen molar-refractivity contribution in [3.05, 3.63) is 24.3 Å². The molecule has 1 aromatic carbocycles. The summed E-state index contributed by atoms with van der Waals surface area (Å²) in [6.45, 7) is 2.59. The molecule has 58 valence electrons. The summed E-state index contributed by atoms with van der Waals surface area (Å²) in [5.74, 6) is 0.819. The Morgan fingerprint density at radius 3 is 2.45 bits per heavy atom. The van der Waals surface area contributed by atoms with Gasteiger partial charge in [0.25, 0.3) is 0 Å². The molecule has 0 aromatic heterocycles. The van der Waals surface area contributed by atoms with Gasteiger partial charge in [-0.3, -0.25) is 4.57 Å². The van der Waals surface area contributed by atoms with Crippen molar-refractivity contribution in [2.75, 3.05) is 6.61 Å². The van der Waals surface area contributed by atoms with Crippen LogP contribution >= 0.6 is 8.46 Å². The average molecular weight is 168 g/mol. The molecule has 0 spiro atoms. The summed E-state index contributed by atoms with van der Waals surface area (Å²) in [5.41, 5.74) is 0. The first-order valence-electron chi connectivity index (χ1n) is 3.43. The van der Waals surface area contributed by atoms with Crippen LogP contribution < -0.4 is 10.0 Å². The molecule has 11 heavy (non-hydrogen) atoms. The number of ether oxygens (including phenoxy) is 1. The SMILES string of the molecule is CCOc1ccc(P=O)cc1. The summed E-state index contributed by atoms with van der Waals surface area (Å²) in [4.78, 5) is 0. The third-order valence-electron chi connectivity index (χ3n) is 1.25. The van der Waals surface area contributed by atoms with E-state index in [4.69, 9.17) is 4.74 Å². The average Bonchev–Trinajstić information content (AvgIpc) is 2.07. The van der Waals surface area contributed by atoms with Gasteiger partial charge in [0.2, 0.25) is 0 Å². The van der Waals surface area contributed by atoms with Crippen LogP contribution in [0.15, 0.2) is 24.3 Å². The number of rotatable bonds is 3. The molecule has 1 rings (SSSR count). The molecule has 0 aliphatic rings. The van der Waals surface area contributed by atoms with Gasteiger partial charge in [0.05, 0.1) is 6.61 Å². The lowest BCUT2D eigenvalue weighted by molar-refractivity contribution is 0.340. The minimum absolute atomic E-state index is 0.0565. The summed E-state index contributed by atoms with van der Waals surface area (Å²) in [5, 5.41) is 0.772. The summed E-state index contributed by atoms with van der Waals surface area (Å²) in [7, 11) is 0.0565. The zero-order valence-corrected chi connectivity index (χ0v) is 7.17. The van der Waals surface area contributed by atoms with E-state index in [9.17, 15) is 4.57 Å². The van der Waals surface area contributed by atoms with Crippen molar-refractivity contribution >= 4 is 13.8 Å². The van der Waals surface area contributed by atoms with Crippen molar-refractivity contribution in [2.24, 2.45) is 0 Å². The van der Waals surface area contributed by atoms with Gasteiger partial charge < -0.3 is 4.74 Å². The van der Waals surface area contributed by atoms with E-state index in [0.717, 1.165) is 11.1 Å². The van der Waals surface area contributed by atoms with Gasteiger partial charge in [-0.15, -0.1) is 0 Å². The van der Waals surface area contributed by atoms with Gasteiger partial charge in [-0.25, -0.2) is 0 Å². The Bertz CT molecular complexity index is 230. The predicted octanol–water partition coefficient (Wildman–Crippen LogP) is 2.00. The molecule has 0 N–H and O–H groups in total. The second-order valence-corrected chi connectivity index (χ2v) is 2.72. The van der Waals surface area contributed by atoms with E-state index in [2.05, 4.69) is 0 Å². The van der Waals surface area contributed by atoms with Gasteiger partial charge in [0.1, 0.15) is 5.75 Å². The number of hydrogen-bond acceptors (Lipinski definition) is 2. The van der Waals surface area contributed by atoms with E-state index in [-0.39, 0.29) is 8.46 Å². The topological polar surface area (TPSA) is 26.3 Å². The molecular weight excluding hydrogens is 159 g/mol. The second kappa shape index (κ2) is 4.09. The van der Waals surface area contributed by atoms with Gasteiger partial charge in [0, 0.05) is 5.30 Å². The van der Waals surface area contributed by atoms with Crippen molar-refractivity contribution in [2.45, 2.75) is 6.92 Å². The normalized spacial score (nSPS) is 9.91. The zero-order chi connectivity index (χ0) is 8.10. The Morgan fingerprint density at radius 1 is 1.36 bits per heavy atom. The van der Waals surface area contributed by atoms with Crippen LogP contribution in [0, 0.1) is 0 Å². The smallest absolute Gasteiger partial charge is 0.192 e. The van der Waals surface area contributed by atoms with Gasteiger partial charge in [-0.1, -0.05) is 0 Å². The van der Waals surface area contributed by atoms with Crippen molar-refractivity contribution in [3.8, 4) is 5.75 Å². The highest BCUT2D eigenvalue weighted by Crippen LogP contribution is 2.08. The van der Waals surface area contributed by atoms with Crippen molar-refractivity contribution in [3.63, 3.8) is 0 Å². The lowest BCUT2D eigenvalue weighted by Gasteiger charge is -2.00. The molecule has 1 aromatic rings. The molecule has 0 aliphatic carbocycles. The molecule has 0 fully saturated rings. The monoisotopic (exact) mass is 168 g/mol. The fraction of sp³-hybridized carbons (Fsp3) is 0.250. The van der Waals surface area contributed by atoms with Crippen LogP contribution in [0.3, 0.4) is 0 Å². The van der Waals surface area contributed by atoms with Crippen LogP contribution in [0.4, 0.5) is 0 Å². The van der Waals surface area contributed by atoms with Gasteiger partial charge in [0.15, 0.2) is 8.46 Å². The quantitative estimate of drug-likeness (QED) is 0.645. The molecular formula is C8H9O2P. The molecule has 0 saturated carbocycles. The molecule has 0 radical (unpaired) electrons. The Labute approximate surface area is 67.4 Å². The third kappa shape index (κ3) is 2.32. The second-order valence-electron chi connectivity index (χ2n) is 2.02. The molecule has 0 bridgehead atoms. The molecule has 0 saturated heterocycles. The lowest BCUT2D eigenvalue weighted by atomic mass is 10.3. The van der Waals surface area contributed by atoms with E-state index in [0.29, 0.717) is 6.61 Å². The largest absolute Gasteiger partial charge is 0.494 e. The van der Waals surface area contributed by atoms with Gasteiger partial charge >= 0.3 is 0 Å². The van der Waals surface area contributed by atoms with Gasteiger partial charge in [-0.05, 0) is 31.2 Å². The first-order valence-corrected chi connectivity index (χ1v) is 4.24. The molecule has 0 aliphatic heterocycles. The number of hydrogen-bond donors (Lipinski definition) is 0. The highest BCUT2D eigenvalue weighted by atomic mass is 31.1. The molecule has 0 heterocycles. The minimum atomic E-state index is 0.0565. The molecule has 0 unspecified atom stereocenters. The van der Waals surface area contributed by atoms with Crippen molar-refractivity contribution in [1.29, 1.82) is 0 Å². The van der Waals surface area contributed by atoms with Crippen LogP contribution in [0.2, 0.25) is 0 Å². The van der Waals surface area contributed by atoms with E-state index in [1.165, 1.54) is 0 Å². The summed E-state index contributed by atoms with van der Waals surface area (Å²) in [6, 6.07) is 7.17. The fourth-order valence-electron chi connectivity index (χ4n) is 0.770. The summed E-state index contributed by atoms with van der Waals surface area (Å²) in [6.07, 6.45) is 0. The van der Waals surface area contributed by atoms with E-state index in [1.807, 2.05) is 19.1 Å². The van der Waals surface area contributed by atoms with Crippen LogP contribution in [-0.2, 0) is 4.57 Å². The van der Waals surface area contributed by atoms with E-state index >= 15 is 0 Å². The Hall–Kier alpha value is -0.880. The lowest BCUT2D eigenvalue weighted by Crippen LogP contribution is -1.94. The minimum Gasteiger partial charge on any atom is -0.494 e. The van der Waals surface area contributed by atoms with Crippen LogP contribution in [-0.4, -0.2) is 6.61 Å². The van der Waals surface area contributed by atoms with Crippen LogP contribution in [0.5, 0.6) is 5.75 Å². The highest BCUT2D eigenvalue weighted by molar-refractivity contribution is 7.34. The van der Waals surface area contributed by atoms with E-state index in [1.54, 1.807) is 12.1 Å².